The molecule has 0 aliphatic carbocycles. The summed E-state index contributed by atoms with van der Waals surface area (Å²) in [5.41, 5.74) is 3.15. The molecule has 1 amide bonds. The summed E-state index contributed by atoms with van der Waals surface area (Å²) in [5.74, 6) is -0.485. The monoisotopic (exact) mass is 377 g/mol. The predicted molar refractivity (Wildman–Crippen MR) is 106 cm³/mol. The highest BCUT2D eigenvalue weighted by atomic mass is 35.5. The number of amides is 1. The molecule has 0 fully saturated rings. The van der Waals surface area contributed by atoms with Gasteiger partial charge in [-0.25, -0.2) is 4.39 Å². The quantitative estimate of drug-likeness (QED) is 0.575. The summed E-state index contributed by atoms with van der Waals surface area (Å²) in [6, 6.07) is 23.3. The molecular formula is C23H17ClFNO. The molecule has 0 bridgehead atoms. The molecule has 2 nitrogen and oxygen atoms in total. The van der Waals surface area contributed by atoms with Gasteiger partial charge in [-0.3, -0.25) is 4.79 Å². The molecule has 1 aliphatic rings. The average Bonchev–Trinajstić information content (AvgIpc) is 2.99. The van der Waals surface area contributed by atoms with E-state index in [0.29, 0.717) is 22.7 Å². The third-order valence-corrected chi connectivity index (χ3v) is 4.88. The van der Waals surface area contributed by atoms with Gasteiger partial charge < -0.3 is 4.90 Å². The van der Waals surface area contributed by atoms with Crippen molar-refractivity contribution in [2.45, 2.75) is 12.6 Å². The van der Waals surface area contributed by atoms with Crippen molar-refractivity contribution in [3.63, 3.8) is 0 Å². The molecule has 1 aliphatic heterocycles. The molecule has 3 aromatic carbocycles. The molecule has 0 N–H and O–H groups in total. The summed E-state index contributed by atoms with van der Waals surface area (Å²) >= 11 is 6.06. The van der Waals surface area contributed by atoms with Crippen molar-refractivity contribution in [3.8, 4) is 0 Å². The maximum absolute atomic E-state index is 13.9. The number of halogens is 2. The molecule has 27 heavy (non-hydrogen) atoms. The molecule has 134 valence electrons. The van der Waals surface area contributed by atoms with Crippen LogP contribution in [-0.2, 0) is 11.3 Å². The van der Waals surface area contributed by atoms with E-state index in [4.69, 9.17) is 11.6 Å². The van der Waals surface area contributed by atoms with E-state index in [1.807, 2.05) is 66.7 Å². The van der Waals surface area contributed by atoms with Crippen molar-refractivity contribution in [3.05, 3.63) is 112 Å². The van der Waals surface area contributed by atoms with Crippen LogP contribution in [0.2, 0.25) is 5.02 Å². The van der Waals surface area contributed by atoms with Crippen LogP contribution in [-0.4, -0.2) is 10.8 Å². The normalized spacial score (nSPS) is 16.5. The molecule has 0 radical (unpaired) electrons. The van der Waals surface area contributed by atoms with Crippen LogP contribution in [0.15, 0.2) is 84.9 Å². The standard InChI is InChI=1S/C23H17ClFNO/c24-19-11-18(12-20(25)13-19)22-14-21(17-9-5-2-6-10-17)23(27)26(22)15-16-7-3-1-4-8-16/h1-14,22H,15H2. The van der Waals surface area contributed by atoms with E-state index >= 15 is 0 Å². The smallest absolute Gasteiger partial charge is 0.255 e. The number of hydrogen-bond donors (Lipinski definition) is 0. The Hall–Kier alpha value is -2.91. The highest BCUT2D eigenvalue weighted by Gasteiger charge is 2.34. The molecule has 4 rings (SSSR count). The van der Waals surface area contributed by atoms with Gasteiger partial charge in [-0.2, -0.15) is 0 Å². The fourth-order valence-electron chi connectivity index (χ4n) is 3.41. The van der Waals surface area contributed by atoms with Crippen molar-refractivity contribution in [1.29, 1.82) is 0 Å². The maximum atomic E-state index is 13.9. The van der Waals surface area contributed by atoms with Crippen LogP contribution in [0.3, 0.4) is 0 Å². The minimum atomic E-state index is -0.411. The Labute approximate surface area is 162 Å². The highest BCUT2D eigenvalue weighted by Crippen LogP contribution is 2.37. The van der Waals surface area contributed by atoms with E-state index in [1.165, 1.54) is 12.1 Å². The van der Waals surface area contributed by atoms with Gasteiger partial charge in [0.05, 0.1) is 6.04 Å². The Morgan fingerprint density at radius 3 is 2.26 bits per heavy atom. The lowest BCUT2D eigenvalue weighted by molar-refractivity contribution is -0.125. The molecule has 0 spiro atoms. The van der Waals surface area contributed by atoms with Gasteiger partial charge in [-0.15, -0.1) is 0 Å². The number of benzene rings is 3. The molecule has 1 unspecified atom stereocenters. The van der Waals surface area contributed by atoms with Crippen molar-refractivity contribution in [2.24, 2.45) is 0 Å². The number of carbonyl (C=O) groups excluding carboxylic acids is 1. The summed E-state index contributed by atoms with van der Waals surface area (Å²) in [7, 11) is 0. The number of hydrogen-bond acceptors (Lipinski definition) is 1. The van der Waals surface area contributed by atoms with Crippen LogP contribution >= 0.6 is 11.6 Å². The third kappa shape index (κ3) is 3.64. The topological polar surface area (TPSA) is 20.3 Å². The van der Waals surface area contributed by atoms with Crippen LogP contribution in [0, 0.1) is 5.82 Å². The van der Waals surface area contributed by atoms with Crippen LogP contribution < -0.4 is 0 Å². The molecule has 1 atom stereocenters. The van der Waals surface area contributed by atoms with E-state index in [-0.39, 0.29) is 11.9 Å². The number of carbonyl (C=O) groups is 1. The molecule has 0 aromatic heterocycles. The highest BCUT2D eigenvalue weighted by molar-refractivity contribution is 6.30. The van der Waals surface area contributed by atoms with Crippen molar-refractivity contribution >= 4 is 23.1 Å². The first-order chi connectivity index (χ1) is 13.1. The van der Waals surface area contributed by atoms with Gasteiger partial charge in [0.1, 0.15) is 5.82 Å². The molecular weight excluding hydrogens is 361 g/mol. The Kier molecular flexibility index (Phi) is 4.78. The Bertz CT molecular complexity index is 981. The van der Waals surface area contributed by atoms with Gasteiger partial charge in [0.15, 0.2) is 0 Å². The first kappa shape index (κ1) is 17.5. The Balaban J connectivity index is 1.77. The number of nitrogens with zero attached hydrogens (tertiary/aromatic N) is 1. The fraction of sp³-hybridized carbons (Fsp3) is 0.0870. The maximum Gasteiger partial charge on any atom is 0.255 e. The molecule has 3 aromatic rings. The summed E-state index contributed by atoms with van der Waals surface area (Å²) in [4.78, 5) is 14.9. The molecule has 1 heterocycles. The van der Waals surface area contributed by atoms with Crippen LogP contribution in [0.25, 0.3) is 5.57 Å². The van der Waals surface area contributed by atoms with Gasteiger partial charge in [-0.05, 0) is 41.0 Å². The Morgan fingerprint density at radius 2 is 1.59 bits per heavy atom. The summed E-state index contributed by atoms with van der Waals surface area (Å²) in [6.45, 7) is 0.436. The molecule has 0 saturated heterocycles. The lowest BCUT2D eigenvalue weighted by Crippen LogP contribution is -2.29. The lowest BCUT2D eigenvalue weighted by atomic mass is 10.0. The van der Waals surface area contributed by atoms with E-state index in [1.54, 1.807) is 11.0 Å². The van der Waals surface area contributed by atoms with E-state index in [9.17, 15) is 9.18 Å². The average molecular weight is 378 g/mol. The minimum absolute atomic E-state index is 0.0737. The second kappa shape index (κ2) is 7.37. The SMILES string of the molecule is O=C1C(c2ccccc2)=CC(c2cc(F)cc(Cl)c2)N1Cc1ccccc1. The van der Waals surface area contributed by atoms with Gasteiger partial charge in [0.25, 0.3) is 5.91 Å². The third-order valence-electron chi connectivity index (χ3n) is 4.66. The van der Waals surface area contributed by atoms with Gasteiger partial charge in [0.2, 0.25) is 0 Å². The first-order valence-corrected chi connectivity index (χ1v) is 9.08. The lowest BCUT2D eigenvalue weighted by Gasteiger charge is -2.25. The van der Waals surface area contributed by atoms with E-state index < -0.39 is 5.82 Å². The first-order valence-electron chi connectivity index (χ1n) is 8.70. The summed E-state index contributed by atoms with van der Waals surface area (Å²) < 4.78 is 13.9. The fourth-order valence-corrected chi connectivity index (χ4v) is 3.64. The second-order valence-corrected chi connectivity index (χ2v) is 6.95. The zero-order valence-electron chi connectivity index (χ0n) is 14.5. The minimum Gasteiger partial charge on any atom is -0.324 e. The largest absolute Gasteiger partial charge is 0.324 e. The number of rotatable bonds is 4. The molecule has 0 saturated carbocycles. The van der Waals surface area contributed by atoms with Crippen LogP contribution in [0.5, 0.6) is 0 Å². The predicted octanol–water partition coefficient (Wildman–Crippen LogP) is 5.65. The van der Waals surface area contributed by atoms with Crippen LogP contribution in [0.1, 0.15) is 22.7 Å². The van der Waals surface area contributed by atoms with Gasteiger partial charge >= 0.3 is 0 Å². The van der Waals surface area contributed by atoms with E-state index in [0.717, 1.165) is 11.1 Å². The second-order valence-electron chi connectivity index (χ2n) is 6.51. The molecule has 4 heteroatoms. The zero-order valence-corrected chi connectivity index (χ0v) is 15.2. The van der Waals surface area contributed by atoms with Gasteiger partial charge in [-0.1, -0.05) is 72.3 Å². The zero-order chi connectivity index (χ0) is 18.8. The van der Waals surface area contributed by atoms with Crippen LogP contribution in [0.4, 0.5) is 4.39 Å². The van der Waals surface area contributed by atoms with Crippen molar-refractivity contribution in [1.82, 2.24) is 4.90 Å². The van der Waals surface area contributed by atoms with Crippen molar-refractivity contribution in [2.75, 3.05) is 0 Å². The van der Waals surface area contributed by atoms with Crippen molar-refractivity contribution < 1.29 is 9.18 Å². The van der Waals surface area contributed by atoms with Gasteiger partial charge in [0, 0.05) is 17.1 Å². The summed E-state index contributed by atoms with van der Waals surface area (Å²) in [5, 5.41) is 0.318. The summed E-state index contributed by atoms with van der Waals surface area (Å²) in [6.07, 6.45) is 1.89. The Morgan fingerprint density at radius 1 is 0.926 bits per heavy atom. The van der Waals surface area contributed by atoms with E-state index in [2.05, 4.69) is 0 Å².